The van der Waals surface area contributed by atoms with E-state index in [1.165, 1.54) is 0 Å². The highest BCUT2D eigenvalue weighted by molar-refractivity contribution is 6.13. The number of hydrogen-bond donors (Lipinski definition) is 2. The Morgan fingerprint density at radius 1 is 0.806 bits per heavy atom. The van der Waals surface area contributed by atoms with Crippen molar-refractivity contribution in [1.29, 1.82) is 0 Å². The molecule has 0 aromatic heterocycles. The minimum atomic E-state index is -0.149. The summed E-state index contributed by atoms with van der Waals surface area (Å²) in [4.78, 5) is 29.7. The number of para-hydroxylation sites is 3. The van der Waals surface area contributed by atoms with Gasteiger partial charge in [-0.1, -0.05) is 54.6 Å². The number of aromatic hydroxyl groups is 1. The molecule has 0 spiro atoms. The fourth-order valence-corrected chi connectivity index (χ4v) is 3.81. The lowest BCUT2D eigenvalue weighted by molar-refractivity contribution is -0.117. The van der Waals surface area contributed by atoms with E-state index < -0.39 is 0 Å². The highest BCUT2D eigenvalue weighted by atomic mass is 16.3. The first-order chi connectivity index (χ1) is 15.1. The maximum absolute atomic E-state index is 12.8. The molecule has 1 saturated heterocycles. The number of nitrogens with zero attached hydrogens (tertiary/aromatic N) is 2. The van der Waals surface area contributed by atoms with E-state index in [2.05, 4.69) is 15.1 Å². The fraction of sp³-hybridized carbons (Fsp3) is 0.200. The molecule has 1 amide bonds. The summed E-state index contributed by atoms with van der Waals surface area (Å²) in [5.74, 6) is 0.00508. The van der Waals surface area contributed by atoms with Crippen LogP contribution in [0.1, 0.15) is 15.9 Å². The highest BCUT2D eigenvalue weighted by Gasteiger charge is 2.21. The molecule has 31 heavy (non-hydrogen) atoms. The summed E-state index contributed by atoms with van der Waals surface area (Å²) >= 11 is 0. The minimum absolute atomic E-state index is 0.118. The first-order valence-corrected chi connectivity index (χ1v) is 10.4. The monoisotopic (exact) mass is 415 g/mol. The largest absolute Gasteiger partial charge is 0.506 e. The van der Waals surface area contributed by atoms with Gasteiger partial charge < -0.3 is 15.3 Å². The zero-order valence-corrected chi connectivity index (χ0v) is 17.2. The number of piperazine rings is 1. The molecule has 158 valence electrons. The molecule has 0 bridgehead atoms. The Balaban J connectivity index is 1.36. The first kappa shape index (κ1) is 20.6. The van der Waals surface area contributed by atoms with E-state index in [1.807, 2.05) is 36.4 Å². The Labute approximate surface area is 181 Å². The number of benzene rings is 3. The summed E-state index contributed by atoms with van der Waals surface area (Å²) in [5, 5.41) is 12.9. The number of carbonyl (C=O) groups is 2. The molecule has 1 aliphatic rings. The smallest absolute Gasteiger partial charge is 0.238 e. The summed E-state index contributed by atoms with van der Waals surface area (Å²) < 4.78 is 0. The molecule has 1 heterocycles. The molecule has 3 aromatic carbocycles. The van der Waals surface area contributed by atoms with Gasteiger partial charge in [0.15, 0.2) is 5.78 Å². The van der Waals surface area contributed by atoms with Gasteiger partial charge >= 0.3 is 0 Å². The molecule has 3 aromatic rings. The summed E-state index contributed by atoms with van der Waals surface area (Å²) in [7, 11) is 0. The zero-order valence-electron chi connectivity index (χ0n) is 17.2. The fourth-order valence-electron chi connectivity index (χ4n) is 3.81. The first-order valence-electron chi connectivity index (χ1n) is 10.4. The Hall–Kier alpha value is -3.64. The van der Waals surface area contributed by atoms with Gasteiger partial charge in [0.05, 0.1) is 17.9 Å². The van der Waals surface area contributed by atoms with Crippen LogP contribution in [-0.4, -0.2) is 54.4 Å². The molecular weight excluding hydrogens is 390 g/mol. The molecule has 6 heteroatoms. The second-order valence-corrected chi connectivity index (χ2v) is 7.54. The zero-order chi connectivity index (χ0) is 21.6. The predicted molar refractivity (Wildman–Crippen MR) is 122 cm³/mol. The minimum Gasteiger partial charge on any atom is -0.506 e. The van der Waals surface area contributed by atoms with E-state index in [0.29, 0.717) is 29.9 Å². The van der Waals surface area contributed by atoms with Gasteiger partial charge in [-0.15, -0.1) is 0 Å². The number of anilines is 2. The van der Waals surface area contributed by atoms with Crippen molar-refractivity contribution in [1.82, 2.24) is 4.90 Å². The summed E-state index contributed by atoms with van der Waals surface area (Å²) in [6.07, 6.45) is 0. The molecule has 1 fully saturated rings. The average Bonchev–Trinajstić information content (AvgIpc) is 2.80. The maximum atomic E-state index is 12.8. The lowest BCUT2D eigenvalue weighted by atomic mass is 10.0. The topological polar surface area (TPSA) is 72.9 Å². The Morgan fingerprint density at radius 3 is 2.19 bits per heavy atom. The Kier molecular flexibility index (Phi) is 6.29. The molecule has 6 nitrogen and oxygen atoms in total. The van der Waals surface area contributed by atoms with E-state index in [4.69, 9.17) is 0 Å². The second-order valence-electron chi connectivity index (χ2n) is 7.54. The van der Waals surface area contributed by atoms with Crippen LogP contribution >= 0.6 is 0 Å². The number of rotatable bonds is 6. The molecule has 2 N–H and O–H groups in total. The van der Waals surface area contributed by atoms with Crippen molar-refractivity contribution in [3.63, 3.8) is 0 Å². The second kappa shape index (κ2) is 9.45. The van der Waals surface area contributed by atoms with Crippen LogP contribution < -0.4 is 10.2 Å². The number of hydrogen-bond acceptors (Lipinski definition) is 5. The van der Waals surface area contributed by atoms with Crippen LogP contribution in [0, 0.1) is 0 Å². The van der Waals surface area contributed by atoms with Crippen molar-refractivity contribution in [2.24, 2.45) is 0 Å². The van der Waals surface area contributed by atoms with Crippen molar-refractivity contribution < 1.29 is 14.7 Å². The highest BCUT2D eigenvalue weighted by Crippen LogP contribution is 2.27. The molecule has 0 unspecified atom stereocenters. The van der Waals surface area contributed by atoms with Crippen molar-refractivity contribution in [3.05, 3.63) is 90.0 Å². The van der Waals surface area contributed by atoms with Crippen molar-refractivity contribution >= 4 is 23.1 Å². The van der Waals surface area contributed by atoms with Gasteiger partial charge in [0, 0.05) is 37.3 Å². The summed E-state index contributed by atoms with van der Waals surface area (Å²) in [5.41, 5.74) is 2.41. The average molecular weight is 415 g/mol. The number of amides is 1. The van der Waals surface area contributed by atoms with Crippen LogP contribution in [0.25, 0.3) is 0 Å². The third-order valence-electron chi connectivity index (χ3n) is 5.44. The van der Waals surface area contributed by atoms with Crippen molar-refractivity contribution in [2.45, 2.75) is 0 Å². The van der Waals surface area contributed by atoms with Crippen LogP contribution in [0.5, 0.6) is 5.75 Å². The number of nitrogens with one attached hydrogen (secondary N) is 1. The predicted octanol–water partition coefficient (Wildman–Crippen LogP) is 3.38. The van der Waals surface area contributed by atoms with Gasteiger partial charge in [-0.3, -0.25) is 14.5 Å². The van der Waals surface area contributed by atoms with E-state index in [1.54, 1.807) is 42.5 Å². The van der Waals surface area contributed by atoms with E-state index in [9.17, 15) is 14.7 Å². The van der Waals surface area contributed by atoms with Gasteiger partial charge in [0.2, 0.25) is 5.91 Å². The molecule has 0 saturated carbocycles. The molecule has 0 radical (unpaired) electrons. The quantitative estimate of drug-likeness (QED) is 0.604. The van der Waals surface area contributed by atoms with Gasteiger partial charge in [-0.25, -0.2) is 0 Å². The van der Waals surface area contributed by atoms with Crippen LogP contribution in [0.15, 0.2) is 78.9 Å². The van der Waals surface area contributed by atoms with Gasteiger partial charge in [-0.05, 0) is 24.3 Å². The summed E-state index contributed by atoms with van der Waals surface area (Å²) in [6, 6.07) is 23.4. The van der Waals surface area contributed by atoms with E-state index in [-0.39, 0.29) is 24.0 Å². The molecule has 4 rings (SSSR count). The van der Waals surface area contributed by atoms with Crippen molar-refractivity contribution in [2.75, 3.05) is 42.9 Å². The number of ketones is 1. The Morgan fingerprint density at radius 2 is 1.45 bits per heavy atom. The third kappa shape index (κ3) is 4.92. The van der Waals surface area contributed by atoms with Gasteiger partial charge in [0.1, 0.15) is 5.75 Å². The number of phenolic OH excluding ortho intramolecular Hbond substituents is 1. The lowest BCUT2D eigenvalue weighted by Gasteiger charge is -2.35. The SMILES string of the molecule is O=C(CN1CCN(c2ccccc2O)CC1)Nc1ccccc1C(=O)c1ccccc1. The van der Waals surface area contributed by atoms with Crippen LogP contribution in [-0.2, 0) is 4.79 Å². The standard InChI is InChI=1S/C25H25N3O3/c29-23-13-7-6-12-22(23)28-16-14-27(15-17-28)18-24(30)26-21-11-5-4-10-20(21)25(31)19-8-2-1-3-9-19/h1-13,29H,14-18H2,(H,26,30). The normalized spacial score (nSPS) is 14.3. The molecule has 0 atom stereocenters. The third-order valence-corrected chi connectivity index (χ3v) is 5.44. The number of carbonyl (C=O) groups excluding carboxylic acids is 2. The van der Waals surface area contributed by atoms with Gasteiger partial charge in [-0.2, -0.15) is 0 Å². The van der Waals surface area contributed by atoms with E-state index >= 15 is 0 Å². The van der Waals surface area contributed by atoms with Crippen LogP contribution in [0.4, 0.5) is 11.4 Å². The molecule has 0 aliphatic carbocycles. The molecule has 1 aliphatic heterocycles. The Bertz CT molecular complexity index is 1060. The summed E-state index contributed by atoms with van der Waals surface area (Å²) in [6.45, 7) is 3.14. The number of phenols is 1. The van der Waals surface area contributed by atoms with E-state index in [0.717, 1.165) is 18.8 Å². The lowest BCUT2D eigenvalue weighted by Crippen LogP contribution is -2.48. The van der Waals surface area contributed by atoms with Gasteiger partial charge in [0.25, 0.3) is 0 Å². The van der Waals surface area contributed by atoms with Crippen LogP contribution in [0.3, 0.4) is 0 Å². The van der Waals surface area contributed by atoms with Crippen LogP contribution in [0.2, 0.25) is 0 Å². The molecular formula is C25H25N3O3. The maximum Gasteiger partial charge on any atom is 0.238 e. The van der Waals surface area contributed by atoms with Crippen molar-refractivity contribution in [3.8, 4) is 5.75 Å².